The van der Waals surface area contributed by atoms with Crippen LogP contribution in [0.5, 0.6) is 5.88 Å². The molecule has 0 aromatic carbocycles. The van der Waals surface area contributed by atoms with Crippen molar-refractivity contribution in [2.75, 3.05) is 14.2 Å². The Morgan fingerprint density at radius 1 is 1.58 bits per heavy atom. The van der Waals surface area contributed by atoms with Crippen LogP contribution >= 0.6 is 11.5 Å². The highest BCUT2D eigenvalue weighted by molar-refractivity contribution is 7.03. The van der Waals surface area contributed by atoms with Crippen molar-refractivity contribution < 1.29 is 19.4 Å². The van der Waals surface area contributed by atoms with E-state index in [1.54, 1.807) is 12.4 Å². The van der Waals surface area contributed by atoms with Crippen LogP contribution in [0.2, 0.25) is 0 Å². The molecular weight excluding hydrogens is 268 g/mol. The summed E-state index contributed by atoms with van der Waals surface area (Å²) in [6.45, 7) is 0.313. The molecule has 0 spiro atoms. The molecule has 19 heavy (non-hydrogen) atoms. The molecule has 1 aliphatic rings. The number of hydrogen-bond acceptors (Lipinski definition) is 5. The van der Waals surface area contributed by atoms with Crippen LogP contribution in [0.1, 0.15) is 24.8 Å². The number of carboxylic acid groups (broad SMARTS) is 1. The van der Waals surface area contributed by atoms with E-state index in [1.165, 1.54) is 23.5 Å². The maximum absolute atomic E-state index is 12.3. The van der Waals surface area contributed by atoms with Crippen LogP contribution in [0.25, 0.3) is 0 Å². The summed E-state index contributed by atoms with van der Waals surface area (Å²) >= 11 is 1.25. The molecule has 0 bridgehead atoms. The van der Waals surface area contributed by atoms with Gasteiger partial charge >= 0.3 is 5.97 Å². The van der Waals surface area contributed by atoms with Gasteiger partial charge in [0.2, 0.25) is 11.8 Å². The van der Waals surface area contributed by atoms with Crippen molar-refractivity contribution in [1.82, 2.24) is 9.27 Å². The largest absolute Gasteiger partial charge is 0.480 e. The van der Waals surface area contributed by atoms with Crippen molar-refractivity contribution in [2.45, 2.75) is 25.8 Å². The summed E-state index contributed by atoms with van der Waals surface area (Å²) in [4.78, 5) is 25.0. The number of rotatable bonds is 5. The van der Waals surface area contributed by atoms with Gasteiger partial charge in [0, 0.05) is 18.0 Å². The number of amides is 1. The second kappa shape index (κ2) is 5.16. The predicted molar refractivity (Wildman–Crippen MR) is 69.1 cm³/mol. The van der Waals surface area contributed by atoms with E-state index in [4.69, 9.17) is 4.74 Å². The van der Waals surface area contributed by atoms with Gasteiger partial charge in [-0.05, 0) is 24.4 Å². The molecule has 1 heterocycles. The molecule has 0 unspecified atom stereocenters. The summed E-state index contributed by atoms with van der Waals surface area (Å²) in [5.41, 5.74) is -0.422. The molecule has 0 atom stereocenters. The fraction of sp³-hybridized carbons (Fsp3) is 0.583. The summed E-state index contributed by atoms with van der Waals surface area (Å²) in [6.07, 6.45) is 1.63. The molecule has 104 valence electrons. The SMILES string of the molecule is COc1nscc1CN(C)C(=O)C1(C(=O)O)CCC1. The summed E-state index contributed by atoms with van der Waals surface area (Å²) in [6, 6.07) is 0. The molecule has 1 aliphatic carbocycles. The number of carboxylic acids is 1. The highest BCUT2D eigenvalue weighted by atomic mass is 32.1. The van der Waals surface area contributed by atoms with Gasteiger partial charge in [-0.1, -0.05) is 6.42 Å². The van der Waals surface area contributed by atoms with E-state index < -0.39 is 11.4 Å². The molecule has 1 aromatic heterocycles. The predicted octanol–water partition coefficient (Wildman–Crippen LogP) is 1.36. The van der Waals surface area contributed by atoms with Crippen molar-refractivity contribution in [1.29, 1.82) is 0 Å². The summed E-state index contributed by atoms with van der Waals surface area (Å²) < 4.78 is 9.13. The lowest BCUT2D eigenvalue weighted by Gasteiger charge is -2.38. The molecule has 6 nitrogen and oxygen atoms in total. The van der Waals surface area contributed by atoms with Crippen LogP contribution in [0.4, 0.5) is 0 Å². The van der Waals surface area contributed by atoms with Gasteiger partial charge in [-0.25, -0.2) is 0 Å². The molecule has 1 aromatic rings. The third-order valence-electron chi connectivity index (χ3n) is 3.58. The second-order valence-electron chi connectivity index (χ2n) is 4.75. The lowest BCUT2D eigenvalue weighted by atomic mass is 9.68. The van der Waals surface area contributed by atoms with Gasteiger partial charge in [-0.15, -0.1) is 0 Å². The molecule has 1 amide bonds. The molecule has 0 saturated heterocycles. The average molecular weight is 284 g/mol. The van der Waals surface area contributed by atoms with E-state index >= 15 is 0 Å². The number of nitrogens with zero attached hydrogens (tertiary/aromatic N) is 2. The van der Waals surface area contributed by atoms with E-state index in [-0.39, 0.29) is 5.91 Å². The lowest BCUT2D eigenvalue weighted by molar-refractivity contribution is -0.167. The fourth-order valence-corrected chi connectivity index (χ4v) is 2.91. The quantitative estimate of drug-likeness (QED) is 0.826. The van der Waals surface area contributed by atoms with Crippen molar-refractivity contribution in [3.63, 3.8) is 0 Å². The average Bonchev–Trinajstić information content (AvgIpc) is 2.74. The van der Waals surface area contributed by atoms with Crippen molar-refractivity contribution in [3.8, 4) is 5.88 Å². The normalized spacial score (nSPS) is 16.5. The van der Waals surface area contributed by atoms with Crippen LogP contribution in [-0.4, -0.2) is 40.4 Å². The van der Waals surface area contributed by atoms with Crippen LogP contribution in [-0.2, 0) is 16.1 Å². The van der Waals surface area contributed by atoms with Gasteiger partial charge in [0.05, 0.1) is 13.7 Å². The maximum atomic E-state index is 12.3. The van der Waals surface area contributed by atoms with Gasteiger partial charge in [0.15, 0.2) is 0 Å². The number of hydrogen-bond donors (Lipinski definition) is 1. The van der Waals surface area contributed by atoms with E-state index in [2.05, 4.69) is 4.37 Å². The van der Waals surface area contributed by atoms with E-state index in [1.807, 2.05) is 0 Å². The van der Waals surface area contributed by atoms with Gasteiger partial charge in [0.1, 0.15) is 5.41 Å². The highest BCUT2D eigenvalue weighted by Gasteiger charge is 2.52. The zero-order valence-electron chi connectivity index (χ0n) is 10.9. The van der Waals surface area contributed by atoms with Crippen molar-refractivity contribution in [3.05, 3.63) is 10.9 Å². The fourth-order valence-electron chi connectivity index (χ4n) is 2.26. The smallest absolute Gasteiger partial charge is 0.319 e. The van der Waals surface area contributed by atoms with Crippen LogP contribution < -0.4 is 4.74 Å². The number of ether oxygens (including phenoxy) is 1. The topological polar surface area (TPSA) is 79.7 Å². The summed E-state index contributed by atoms with van der Waals surface area (Å²) in [5, 5.41) is 11.0. The number of carbonyl (C=O) groups excluding carboxylic acids is 1. The molecule has 0 radical (unpaired) electrons. The molecule has 1 saturated carbocycles. The first kappa shape index (κ1) is 13.8. The minimum Gasteiger partial charge on any atom is -0.480 e. The first-order chi connectivity index (χ1) is 9.01. The maximum Gasteiger partial charge on any atom is 0.319 e. The zero-order chi connectivity index (χ0) is 14.0. The summed E-state index contributed by atoms with van der Waals surface area (Å²) in [5.74, 6) is -0.867. The molecule has 2 rings (SSSR count). The number of carbonyl (C=O) groups is 2. The van der Waals surface area contributed by atoms with E-state index in [0.717, 1.165) is 12.0 Å². The lowest BCUT2D eigenvalue weighted by Crippen LogP contribution is -2.51. The van der Waals surface area contributed by atoms with Gasteiger partial charge in [-0.3, -0.25) is 9.59 Å². The molecule has 0 aliphatic heterocycles. The van der Waals surface area contributed by atoms with Gasteiger partial charge in [-0.2, -0.15) is 4.37 Å². The Kier molecular flexibility index (Phi) is 3.75. The monoisotopic (exact) mass is 284 g/mol. The number of aliphatic carboxylic acids is 1. The van der Waals surface area contributed by atoms with Gasteiger partial charge in [0.25, 0.3) is 0 Å². The number of methoxy groups -OCH3 is 1. The Hall–Kier alpha value is -1.63. The standard InChI is InChI=1S/C12H16N2O4S/c1-14(6-8-7-19-13-9(8)18-2)10(15)12(11(16)17)4-3-5-12/h7H,3-6H2,1-2H3,(H,16,17). The Balaban J connectivity index is 2.10. The Morgan fingerprint density at radius 2 is 2.26 bits per heavy atom. The summed E-state index contributed by atoms with van der Waals surface area (Å²) in [7, 11) is 3.13. The molecule has 1 fully saturated rings. The first-order valence-electron chi connectivity index (χ1n) is 5.97. The Bertz CT molecular complexity index is 496. The minimum absolute atomic E-state index is 0.313. The molecule has 7 heteroatoms. The Labute approximate surface area is 115 Å². The van der Waals surface area contributed by atoms with Crippen LogP contribution in [0.3, 0.4) is 0 Å². The first-order valence-corrected chi connectivity index (χ1v) is 6.81. The molecular formula is C12H16N2O4S. The van der Waals surface area contributed by atoms with E-state index in [9.17, 15) is 14.7 Å². The number of aromatic nitrogens is 1. The molecule has 1 N–H and O–H groups in total. The highest BCUT2D eigenvalue weighted by Crippen LogP contribution is 2.43. The van der Waals surface area contributed by atoms with Crippen molar-refractivity contribution >= 4 is 23.4 Å². The minimum atomic E-state index is -1.22. The van der Waals surface area contributed by atoms with Crippen molar-refractivity contribution in [2.24, 2.45) is 5.41 Å². The van der Waals surface area contributed by atoms with E-state index in [0.29, 0.717) is 25.3 Å². The van der Waals surface area contributed by atoms with Crippen LogP contribution in [0.15, 0.2) is 5.38 Å². The van der Waals surface area contributed by atoms with Crippen LogP contribution in [0, 0.1) is 5.41 Å². The second-order valence-corrected chi connectivity index (χ2v) is 5.38. The Morgan fingerprint density at radius 3 is 2.74 bits per heavy atom. The third-order valence-corrected chi connectivity index (χ3v) is 4.24. The zero-order valence-corrected chi connectivity index (χ0v) is 11.7. The third kappa shape index (κ3) is 2.30. The van der Waals surface area contributed by atoms with Gasteiger partial charge < -0.3 is 14.7 Å².